The molecule has 41 heavy (non-hydrogen) atoms. The van der Waals surface area contributed by atoms with Gasteiger partial charge in [0.2, 0.25) is 5.91 Å². The van der Waals surface area contributed by atoms with Crippen LogP contribution in [0.4, 0.5) is 27.6 Å². The molecule has 218 valence electrons. The summed E-state index contributed by atoms with van der Waals surface area (Å²) in [6.45, 7) is 3.49. The van der Waals surface area contributed by atoms with Crippen LogP contribution < -0.4 is 11.1 Å². The summed E-state index contributed by atoms with van der Waals surface area (Å²) in [6, 6.07) is 1.17. The number of pyridine rings is 1. The van der Waals surface area contributed by atoms with E-state index in [9.17, 15) is 31.5 Å². The number of halogens is 5. The van der Waals surface area contributed by atoms with Crippen molar-refractivity contribution in [1.29, 1.82) is 0 Å². The van der Waals surface area contributed by atoms with E-state index in [0.29, 0.717) is 42.8 Å². The van der Waals surface area contributed by atoms with Gasteiger partial charge < -0.3 is 11.1 Å². The number of hydrogen-bond acceptors (Lipinski definition) is 6. The first-order valence-electron chi connectivity index (χ1n) is 12.9. The average molecular weight is 596 g/mol. The van der Waals surface area contributed by atoms with Crippen LogP contribution in [0.15, 0.2) is 12.3 Å². The van der Waals surface area contributed by atoms with Crippen molar-refractivity contribution in [3.8, 4) is 11.1 Å². The molecule has 0 radical (unpaired) electrons. The molecule has 4 aromatic rings. The second kappa shape index (κ2) is 10.8. The highest BCUT2D eigenvalue weighted by Gasteiger charge is 2.39. The third kappa shape index (κ3) is 5.42. The molecule has 3 N–H and O–H groups in total. The summed E-state index contributed by atoms with van der Waals surface area (Å²) in [5, 5.41) is 10.9. The summed E-state index contributed by atoms with van der Waals surface area (Å²) < 4.78 is 71.5. The summed E-state index contributed by atoms with van der Waals surface area (Å²) in [7, 11) is 0. The van der Waals surface area contributed by atoms with E-state index in [2.05, 4.69) is 20.5 Å². The molecule has 0 aliphatic heterocycles. The maximum Gasteiger partial charge on any atom is 0.435 e. The number of carbonyl (C=O) groups excluding carboxylic acids is 2. The van der Waals surface area contributed by atoms with Crippen molar-refractivity contribution in [2.24, 2.45) is 5.73 Å². The Morgan fingerprint density at radius 1 is 1.15 bits per heavy atom. The molecular weight excluding hydrogens is 569 g/mol. The predicted octanol–water partition coefficient (Wildman–Crippen LogP) is 5.65. The van der Waals surface area contributed by atoms with Crippen LogP contribution in [0.3, 0.4) is 0 Å². The van der Waals surface area contributed by atoms with E-state index in [0.717, 1.165) is 22.4 Å². The second-order valence-corrected chi connectivity index (χ2v) is 10.8. The lowest BCUT2D eigenvalue weighted by atomic mass is 10.0. The Balaban J connectivity index is 1.61. The summed E-state index contributed by atoms with van der Waals surface area (Å²) in [6.07, 6.45) is -3.40. The number of thiophene rings is 1. The first-order chi connectivity index (χ1) is 19.4. The number of aryl methyl sites for hydroxylation is 2. The van der Waals surface area contributed by atoms with Gasteiger partial charge in [0.25, 0.3) is 12.3 Å². The zero-order chi connectivity index (χ0) is 29.6. The molecule has 5 rings (SSSR count). The molecule has 0 spiro atoms. The molecule has 1 aliphatic carbocycles. The minimum Gasteiger partial charge on any atom is -0.365 e. The van der Waals surface area contributed by atoms with Crippen molar-refractivity contribution in [1.82, 2.24) is 24.5 Å². The number of rotatable bonds is 7. The summed E-state index contributed by atoms with van der Waals surface area (Å²) >= 11 is 0.740. The van der Waals surface area contributed by atoms with Gasteiger partial charge >= 0.3 is 6.18 Å². The van der Waals surface area contributed by atoms with Crippen LogP contribution in [0.1, 0.15) is 70.6 Å². The number of nitrogens with zero attached hydrogens (tertiary/aromatic N) is 5. The molecule has 1 aliphatic rings. The third-order valence-electron chi connectivity index (χ3n) is 7.02. The van der Waals surface area contributed by atoms with Crippen LogP contribution >= 0.6 is 11.3 Å². The molecule has 0 unspecified atom stereocenters. The zero-order valence-corrected chi connectivity index (χ0v) is 22.9. The van der Waals surface area contributed by atoms with Crippen LogP contribution in [0.25, 0.3) is 21.3 Å². The smallest absolute Gasteiger partial charge is 0.365 e. The maximum absolute atomic E-state index is 13.8. The zero-order valence-electron chi connectivity index (χ0n) is 22.1. The van der Waals surface area contributed by atoms with E-state index in [-0.39, 0.29) is 38.3 Å². The minimum atomic E-state index is -4.68. The Kier molecular flexibility index (Phi) is 7.57. The first kappa shape index (κ1) is 28.6. The van der Waals surface area contributed by atoms with E-state index in [4.69, 9.17) is 5.73 Å². The Hall–Kier alpha value is -3.88. The average Bonchev–Trinajstić information content (AvgIpc) is 3.50. The third-order valence-corrected chi connectivity index (χ3v) is 8.12. The largest absolute Gasteiger partial charge is 0.435 e. The summed E-state index contributed by atoms with van der Waals surface area (Å²) in [5.74, 6) is -1.69. The van der Waals surface area contributed by atoms with Crippen molar-refractivity contribution < 1.29 is 31.5 Å². The van der Waals surface area contributed by atoms with Crippen molar-refractivity contribution in [2.45, 2.75) is 71.6 Å². The van der Waals surface area contributed by atoms with Crippen LogP contribution in [-0.2, 0) is 36.9 Å². The number of carbonyl (C=O) groups is 2. The number of aromatic nitrogens is 5. The molecule has 4 heterocycles. The number of fused-ring (bicyclic) bond motifs is 2. The monoisotopic (exact) mass is 595 g/mol. The Morgan fingerprint density at radius 2 is 1.88 bits per heavy atom. The van der Waals surface area contributed by atoms with Crippen LogP contribution in [0.5, 0.6) is 0 Å². The highest BCUT2D eigenvalue weighted by Crippen LogP contribution is 2.43. The standard InChI is InChI=1S/C26H26F5N7O2S/c1-3-37-10-15(12(2)35-37)14-9-16(23(27)28)33-25-19(14)20(21(41-25)24(32)40)34-18(39)11-38-17-8-6-4-5-7-13(17)22(36-38)26(29,30)31/h9-10,23H,3-8,11H2,1-2H3,(H2,32,40)(H,34,39). The van der Waals surface area contributed by atoms with Crippen LogP contribution in [0, 0.1) is 6.92 Å². The fraction of sp³-hybridized carbons (Fsp3) is 0.423. The molecule has 0 saturated carbocycles. The van der Waals surface area contributed by atoms with Gasteiger partial charge in [-0.05, 0) is 51.2 Å². The van der Waals surface area contributed by atoms with Gasteiger partial charge in [0.05, 0.1) is 11.4 Å². The van der Waals surface area contributed by atoms with Gasteiger partial charge in [-0.15, -0.1) is 11.3 Å². The van der Waals surface area contributed by atoms with Gasteiger partial charge in [-0.2, -0.15) is 23.4 Å². The molecular formula is C26H26F5N7O2S. The molecule has 4 aromatic heterocycles. The maximum atomic E-state index is 13.8. The van der Waals surface area contributed by atoms with Crippen molar-refractivity contribution in [3.05, 3.63) is 45.5 Å². The molecule has 0 aromatic carbocycles. The molecule has 2 amide bonds. The molecule has 0 atom stereocenters. The highest BCUT2D eigenvalue weighted by molar-refractivity contribution is 7.21. The molecule has 0 saturated heterocycles. The Labute approximate surface area is 234 Å². The lowest BCUT2D eigenvalue weighted by Gasteiger charge is -2.12. The second-order valence-electron chi connectivity index (χ2n) is 9.77. The quantitative estimate of drug-likeness (QED) is 0.211. The van der Waals surface area contributed by atoms with E-state index in [1.165, 1.54) is 6.07 Å². The molecule has 0 bridgehead atoms. The van der Waals surface area contributed by atoms with E-state index in [1.807, 2.05) is 6.92 Å². The summed E-state index contributed by atoms with van der Waals surface area (Å²) in [4.78, 5) is 29.6. The molecule has 15 heteroatoms. The fourth-order valence-electron chi connectivity index (χ4n) is 5.20. The lowest BCUT2D eigenvalue weighted by Crippen LogP contribution is -2.23. The van der Waals surface area contributed by atoms with Gasteiger partial charge in [-0.1, -0.05) is 6.42 Å². The van der Waals surface area contributed by atoms with Gasteiger partial charge in [0, 0.05) is 34.9 Å². The SMILES string of the molecule is CCn1cc(-c2cc(C(F)F)nc3sc(C(N)=O)c(NC(=O)Cn4nc(C(F)(F)F)c5c4CCCCC5)c23)c(C)n1. The lowest BCUT2D eigenvalue weighted by molar-refractivity contribution is -0.142. The number of nitrogens with two attached hydrogens (primary N) is 1. The van der Waals surface area contributed by atoms with Crippen LogP contribution in [-0.4, -0.2) is 36.4 Å². The first-order valence-corrected chi connectivity index (χ1v) is 13.8. The van der Waals surface area contributed by atoms with E-state index < -0.39 is 42.3 Å². The molecule has 0 fully saturated rings. The van der Waals surface area contributed by atoms with Crippen molar-refractivity contribution >= 4 is 39.1 Å². The van der Waals surface area contributed by atoms with Crippen molar-refractivity contribution in [3.63, 3.8) is 0 Å². The number of hydrogen-bond donors (Lipinski definition) is 2. The van der Waals surface area contributed by atoms with E-state index >= 15 is 0 Å². The fourth-order valence-corrected chi connectivity index (χ4v) is 6.21. The number of primary amides is 1. The Bertz CT molecular complexity index is 1650. The summed E-state index contributed by atoms with van der Waals surface area (Å²) in [5.41, 5.74) is 5.70. The normalized spacial score (nSPS) is 14.0. The van der Waals surface area contributed by atoms with Gasteiger partial charge in [-0.3, -0.25) is 19.0 Å². The van der Waals surface area contributed by atoms with Gasteiger partial charge in [0.1, 0.15) is 21.9 Å². The van der Waals surface area contributed by atoms with E-state index in [1.54, 1.807) is 17.8 Å². The highest BCUT2D eigenvalue weighted by atomic mass is 32.1. The Morgan fingerprint density at radius 3 is 2.51 bits per heavy atom. The number of alkyl halides is 5. The van der Waals surface area contributed by atoms with Gasteiger partial charge in [0.15, 0.2) is 5.69 Å². The molecule has 9 nitrogen and oxygen atoms in total. The van der Waals surface area contributed by atoms with Gasteiger partial charge in [-0.25, -0.2) is 13.8 Å². The number of anilines is 1. The predicted molar refractivity (Wildman–Crippen MR) is 142 cm³/mol. The number of amides is 2. The number of nitrogens with one attached hydrogen (secondary N) is 1. The van der Waals surface area contributed by atoms with Crippen molar-refractivity contribution in [2.75, 3.05) is 5.32 Å². The topological polar surface area (TPSA) is 121 Å². The minimum absolute atomic E-state index is 0.0397. The van der Waals surface area contributed by atoms with Crippen LogP contribution in [0.2, 0.25) is 0 Å².